The first-order valence-corrected chi connectivity index (χ1v) is 8.97. The van der Waals surface area contributed by atoms with Gasteiger partial charge in [-0.3, -0.25) is 10.1 Å². The first kappa shape index (κ1) is 20.6. The van der Waals surface area contributed by atoms with Crippen LogP contribution in [0.25, 0.3) is 6.08 Å². The lowest BCUT2D eigenvalue weighted by Crippen LogP contribution is -2.35. The average molecular weight is 497 g/mol. The van der Waals surface area contributed by atoms with Crippen LogP contribution < -0.4 is 15.8 Å². The Morgan fingerprint density at radius 2 is 1.81 bits per heavy atom. The van der Waals surface area contributed by atoms with Gasteiger partial charge in [0.05, 0.1) is 8.95 Å². The molecule has 0 spiro atoms. The van der Waals surface area contributed by atoms with Gasteiger partial charge in [-0.25, -0.2) is 9.18 Å². The molecule has 0 saturated carbocycles. The molecule has 9 heteroatoms. The highest BCUT2D eigenvalue weighted by molar-refractivity contribution is 9.11. The van der Waals surface area contributed by atoms with Crippen LogP contribution in [0.3, 0.4) is 0 Å². The van der Waals surface area contributed by atoms with Crippen molar-refractivity contribution < 1.29 is 18.7 Å². The molecule has 3 amide bonds. The summed E-state index contributed by atoms with van der Waals surface area (Å²) in [5.41, 5.74) is 5.89. The van der Waals surface area contributed by atoms with Gasteiger partial charge < -0.3 is 10.5 Å². The van der Waals surface area contributed by atoms with Crippen LogP contribution in [0, 0.1) is 17.1 Å². The molecule has 0 fully saturated rings. The molecule has 2 aromatic carbocycles. The second-order valence-corrected chi connectivity index (χ2v) is 6.93. The van der Waals surface area contributed by atoms with E-state index < -0.39 is 11.9 Å². The number of nitrogens with zero attached hydrogens (tertiary/aromatic N) is 1. The van der Waals surface area contributed by atoms with Gasteiger partial charge in [0.25, 0.3) is 5.91 Å². The number of amides is 3. The smallest absolute Gasteiger partial charge is 0.319 e. The van der Waals surface area contributed by atoms with Gasteiger partial charge in [0.2, 0.25) is 0 Å². The molecule has 2 aromatic rings. The second-order valence-electron chi connectivity index (χ2n) is 5.22. The number of nitrogens with one attached hydrogen (secondary N) is 1. The van der Waals surface area contributed by atoms with Gasteiger partial charge in [-0.1, -0.05) is 12.1 Å². The van der Waals surface area contributed by atoms with Crippen LogP contribution in [-0.2, 0) is 11.4 Å². The molecule has 2 rings (SSSR count). The highest BCUT2D eigenvalue weighted by atomic mass is 79.9. The molecule has 0 aliphatic heterocycles. The van der Waals surface area contributed by atoms with E-state index in [4.69, 9.17) is 15.7 Å². The predicted octanol–water partition coefficient (Wildman–Crippen LogP) is 4.03. The Kier molecular flexibility index (Phi) is 7.10. The molecule has 0 unspecified atom stereocenters. The van der Waals surface area contributed by atoms with Crippen LogP contribution >= 0.6 is 31.9 Å². The van der Waals surface area contributed by atoms with Crippen LogP contribution in [0.2, 0.25) is 0 Å². The molecule has 0 radical (unpaired) electrons. The highest BCUT2D eigenvalue weighted by Crippen LogP contribution is 2.36. The Morgan fingerprint density at radius 1 is 1.22 bits per heavy atom. The minimum Gasteiger partial charge on any atom is -0.487 e. The number of carbonyl (C=O) groups is 2. The first-order valence-electron chi connectivity index (χ1n) is 7.39. The first-order chi connectivity index (χ1) is 12.8. The summed E-state index contributed by atoms with van der Waals surface area (Å²) >= 11 is 6.74. The van der Waals surface area contributed by atoms with Crippen molar-refractivity contribution in [3.8, 4) is 11.8 Å². The summed E-state index contributed by atoms with van der Waals surface area (Å²) in [6, 6.07) is 9.86. The largest absolute Gasteiger partial charge is 0.487 e. The van der Waals surface area contributed by atoms with Gasteiger partial charge in [-0.2, -0.15) is 5.26 Å². The summed E-state index contributed by atoms with van der Waals surface area (Å²) in [5.74, 6) is -0.726. The maximum atomic E-state index is 12.9. The zero-order chi connectivity index (χ0) is 20.0. The van der Waals surface area contributed by atoms with Gasteiger partial charge in [0.15, 0.2) is 0 Å². The van der Waals surface area contributed by atoms with Gasteiger partial charge in [0.1, 0.15) is 29.8 Å². The van der Waals surface area contributed by atoms with Crippen molar-refractivity contribution in [3.05, 3.63) is 67.9 Å². The van der Waals surface area contributed by atoms with E-state index in [1.54, 1.807) is 30.3 Å². The van der Waals surface area contributed by atoms with Crippen molar-refractivity contribution in [2.75, 3.05) is 0 Å². The van der Waals surface area contributed by atoms with E-state index in [0.717, 1.165) is 5.56 Å². The molecule has 138 valence electrons. The number of carbonyl (C=O) groups excluding carboxylic acids is 2. The van der Waals surface area contributed by atoms with E-state index in [1.165, 1.54) is 18.2 Å². The van der Waals surface area contributed by atoms with Gasteiger partial charge >= 0.3 is 6.03 Å². The fraction of sp³-hybridized carbons (Fsp3) is 0.0556. The Morgan fingerprint density at radius 3 is 2.33 bits per heavy atom. The SMILES string of the molecule is N#C/C(=C/c1cc(Br)c(OCc2ccc(F)cc2)c(Br)c1)C(=O)NC(N)=O. The molecule has 3 N–H and O–H groups in total. The lowest BCUT2D eigenvalue weighted by atomic mass is 10.1. The zero-order valence-corrected chi connectivity index (χ0v) is 16.8. The Balaban J connectivity index is 2.21. The number of hydrogen-bond donors (Lipinski definition) is 2. The molecule has 0 atom stereocenters. The van der Waals surface area contributed by atoms with Crippen LogP contribution in [0.4, 0.5) is 9.18 Å². The van der Waals surface area contributed by atoms with Crippen LogP contribution in [-0.4, -0.2) is 11.9 Å². The Bertz CT molecular complexity index is 930. The van der Waals surface area contributed by atoms with Crippen molar-refractivity contribution in [3.63, 3.8) is 0 Å². The third kappa shape index (κ3) is 5.91. The van der Waals surface area contributed by atoms with Crippen molar-refractivity contribution in [2.45, 2.75) is 6.61 Å². The second kappa shape index (κ2) is 9.30. The number of benzene rings is 2. The van der Waals surface area contributed by atoms with Crippen molar-refractivity contribution >= 4 is 49.9 Å². The fourth-order valence-corrected chi connectivity index (χ4v) is 3.48. The number of nitrogens with two attached hydrogens (primary N) is 1. The third-order valence-corrected chi connectivity index (χ3v) is 4.41. The van der Waals surface area contributed by atoms with Gasteiger partial charge in [0, 0.05) is 0 Å². The van der Waals surface area contributed by atoms with E-state index in [9.17, 15) is 14.0 Å². The maximum absolute atomic E-state index is 12.9. The standard InChI is InChI=1S/C18H12Br2FN3O3/c19-14-6-11(5-12(8-22)17(25)24-18(23)26)7-15(20)16(14)27-9-10-1-3-13(21)4-2-10/h1-7H,9H2,(H3,23,24,25,26)/b12-5-. The normalized spacial score (nSPS) is 10.8. The molecule has 27 heavy (non-hydrogen) atoms. The summed E-state index contributed by atoms with van der Waals surface area (Å²) in [4.78, 5) is 22.5. The number of hydrogen-bond acceptors (Lipinski definition) is 4. The number of imide groups is 1. The number of rotatable bonds is 5. The fourth-order valence-electron chi connectivity index (χ4n) is 2.03. The molecule has 0 aliphatic carbocycles. The third-order valence-electron chi connectivity index (χ3n) is 3.23. The molecular formula is C18H12Br2FN3O3. The Hall–Kier alpha value is -2.70. The topological polar surface area (TPSA) is 105 Å². The van der Waals surface area contributed by atoms with E-state index >= 15 is 0 Å². The maximum Gasteiger partial charge on any atom is 0.319 e. The highest BCUT2D eigenvalue weighted by Gasteiger charge is 2.13. The number of ether oxygens (including phenoxy) is 1. The van der Waals surface area contributed by atoms with Crippen LogP contribution in [0.5, 0.6) is 5.75 Å². The molecular weight excluding hydrogens is 485 g/mol. The Labute approximate surface area is 171 Å². The van der Waals surface area contributed by atoms with E-state index in [2.05, 4.69) is 31.9 Å². The lowest BCUT2D eigenvalue weighted by molar-refractivity contribution is -0.115. The number of halogens is 3. The number of nitriles is 1. The van der Waals surface area contributed by atoms with Gasteiger partial charge in [-0.05, 0) is 73.3 Å². The minimum absolute atomic E-state index is 0.219. The predicted molar refractivity (Wildman–Crippen MR) is 104 cm³/mol. The summed E-state index contributed by atoms with van der Waals surface area (Å²) in [7, 11) is 0. The van der Waals surface area contributed by atoms with Crippen molar-refractivity contribution in [1.82, 2.24) is 5.32 Å². The van der Waals surface area contributed by atoms with Crippen LogP contribution in [0.15, 0.2) is 50.9 Å². The van der Waals surface area contributed by atoms with Crippen molar-refractivity contribution in [2.24, 2.45) is 5.73 Å². The quantitative estimate of drug-likeness (QED) is 0.481. The number of primary amides is 1. The lowest BCUT2D eigenvalue weighted by Gasteiger charge is -2.11. The molecule has 0 saturated heterocycles. The molecule has 0 aromatic heterocycles. The molecule has 0 aliphatic rings. The molecule has 0 heterocycles. The van der Waals surface area contributed by atoms with E-state index in [0.29, 0.717) is 20.3 Å². The summed E-state index contributed by atoms with van der Waals surface area (Å²) in [6.45, 7) is 0.219. The monoisotopic (exact) mass is 495 g/mol. The number of urea groups is 1. The molecule has 6 nitrogen and oxygen atoms in total. The average Bonchev–Trinajstić information content (AvgIpc) is 2.59. The van der Waals surface area contributed by atoms with Crippen LogP contribution in [0.1, 0.15) is 11.1 Å². The van der Waals surface area contributed by atoms with Crippen molar-refractivity contribution in [1.29, 1.82) is 5.26 Å². The molecule has 0 bridgehead atoms. The van der Waals surface area contributed by atoms with Gasteiger partial charge in [-0.15, -0.1) is 0 Å². The summed E-state index contributed by atoms with van der Waals surface area (Å²) in [5, 5.41) is 10.9. The summed E-state index contributed by atoms with van der Waals surface area (Å²) in [6.07, 6.45) is 1.30. The summed E-state index contributed by atoms with van der Waals surface area (Å²) < 4.78 is 19.8. The minimum atomic E-state index is -1.05. The zero-order valence-electron chi connectivity index (χ0n) is 13.6. The van der Waals surface area contributed by atoms with E-state index in [-0.39, 0.29) is 18.0 Å². The van der Waals surface area contributed by atoms with E-state index in [1.807, 2.05) is 5.32 Å².